The minimum absolute atomic E-state index is 0.217. The van der Waals surface area contributed by atoms with Gasteiger partial charge in [0.1, 0.15) is 5.75 Å². The Hall–Kier alpha value is -3.45. The summed E-state index contributed by atoms with van der Waals surface area (Å²) in [6, 6.07) is 12.8. The lowest BCUT2D eigenvalue weighted by Gasteiger charge is -2.05. The van der Waals surface area contributed by atoms with Gasteiger partial charge in [-0.1, -0.05) is 41.0 Å². The molecular formula is C21H17ClN4O3. The molecule has 0 fully saturated rings. The SMILES string of the molecule is Cc1nc(COc2ccc(C=C(Cl)c3nc4c(C)cccc4c(=O)[nH]3)cc2)no1. The van der Waals surface area contributed by atoms with E-state index in [2.05, 4.69) is 20.1 Å². The molecule has 0 aliphatic rings. The van der Waals surface area contributed by atoms with Crippen molar-refractivity contribution in [2.24, 2.45) is 0 Å². The second-order valence-corrected chi connectivity index (χ2v) is 6.87. The Bertz CT molecular complexity index is 1260. The first-order valence-corrected chi connectivity index (χ1v) is 9.26. The monoisotopic (exact) mass is 408 g/mol. The molecule has 7 nitrogen and oxygen atoms in total. The average molecular weight is 409 g/mol. The zero-order chi connectivity index (χ0) is 20.4. The predicted octanol–water partition coefficient (Wildman–Crippen LogP) is 4.24. The minimum atomic E-state index is -0.222. The van der Waals surface area contributed by atoms with Gasteiger partial charge in [0.2, 0.25) is 11.7 Å². The van der Waals surface area contributed by atoms with Crippen LogP contribution in [0.1, 0.15) is 28.7 Å². The van der Waals surface area contributed by atoms with Gasteiger partial charge in [-0.2, -0.15) is 4.98 Å². The molecule has 0 saturated heterocycles. The van der Waals surface area contributed by atoms with Crippen molar-refractivity contribution in [1.29, 1.82) is 0 Å². The summed E-state index contributed by atoms with van der Waals surface area (Å²) in [4.78, 5) is 23.7. The van der Waals surface area contributed by atoms with Gasteiger partial charge in [-0.15, -0.1) is 0 Å². The molecule has 0 radical (unpaired) electrons. The molecule has 2 aromatic carbocycles. The predicted molar refractivity (Wildman–Crippen MR) is 111 cm³/mol. The number of benzene rings is 2. The van der Waals surface area contributed by atoms with E-state index in [-0.39, 0.29) is 12.2 Å². The lowest BCUT2D eigenvalue weighted by atomic mass is 10.1. The van der Waals surface area contributed by atoms with Gasteiger partial charge in [0.05, 0.1) is 15.9 Å². The molecule has 2 aromatic heterocycles. The highest BCUT2D eigenvalue weighted by Gasteiger charge is 2.09. The van der Waals surface area contributed by atoms with E-state index < -0.39 is 0 Å². The van der Waals surface area contributed by atoms with Crippen molar-refractivity contribution >= 4 is 33.6 Å². The third kappa shape index (κ3) is 4.20. The first-order chi connectivity index (χ1) is 14.0. The van der Waals surface area contributed by atoms with Crippen molar-refractivity contribution in [2.45, 2.75) is 20.5 Å². The molecule has 4 rings (SSSR count). The molecule has 0 unspecified atom stereocenters. The van der Waals surface area contributed by atoms with E-state index in [4.69, 9.17) is 20.9 Å². The Kier molecular flexibility index (Phi) is 5.14. The number of aromatic amines is 1. The summed E-state index contributed by atoms with van der Waals surface area (Å²) in [5.74, 6) is 1.96. The molecular weight excluding hydrogens is 392 g/mol. The molecule has 29 heavy (non-hydrogen) atoms. The van der Waals surface area contributed by atoms with E-state index in [1.54, 1.807) is 19.1 Å². The second-order valence-electron chi connectivity index (χ2n) is 6.47. The third-order valence-corrected chi connectivity index (χ3v) is 4.56. The standard InChI is InChI=1S/C21H17ClN4O3/c1-12-4-3-5-16-19(12)24-20(25-21(16)27)17(22)10-14-6-8-15(9-7-14)28-11-18-23-13(2)29-26-18/h3-10H,11H2,1-2H3,(H,24,25,27). The summed E-state index contributed by atoms with van der Waals surface area (Å²) in [6.45, 7) is 3.85. The van der Waals surface area contributed by atoms with E-state index in [0.29, 0.717) is 39.2 Å². The smallest absolute Gasteiger partial charge is 0.259 e. The number of ether oxygens (including phenoxy) is 1. The average Bonchev–Trinajstić information content (AvgIpc) is 3.13. The largest absolute Gasteiger partial charge is 0.485 e. The summed E-state index contributed by atoms with van der Waals surface area (Å²) in [7, 11) is 0. The molecule has 0 amide bonds. The quantitative estimate of drug-likeness (QED) is 0.530. The Balaban J connectivity index is 1.54. The molecule has 1 N–H and O–H groups in total. The molecule has 146 valence electrons. The molecule has 0 bridgehead atoms. The number of hydrogen-bond acceptors (Lipinski definition) is 6. The molecule has 8 heteroatoms. The highest BCUT2D eigenvalue weighted by atomic mass is 35.5. The summed E-state index contributed by atoms with van der Waals surface area (Å²) in [5.41, 5.74) is 2.17. The van der Waals surface area contributed by atoms with Gasteiger partial charge in [0, 0.05) is 6.92 Å². The summed E-state index contributed by atoms with van der Waals surface area (Å²) < 4.78 is 10.5. The van der Waals surface area contributed by atoms with Crippen LogP contribution in [0.2, 0.25) is 0 Å². The van der Waals surface area contributed by atoms with Crippen molar-refractivity contribution in [2.75, 3.05) is 0 Å². The number of nitrogens with one attached hydrogen (secondary N) is 1. The van der Waals surface area contributed by atoms with Gasteiger partial charge < -0.3 is 14.2 Å². The van der Waals surface area contributed by atoms with Gasteiger partial charge in [0.15, 0.2) is 12.4 Å². The maximum absolute atomic E-state index is 12.3. The van der Waals surface area contributed by atoms with Crippen molar-refractivity contribution in [3.63, 3.8) is 0 Å². The van der Waals surface area contributed by atoms with Gasteiger partial charge in [0.25, 0.3) is 5.56 Å². The summed E-state index contributed by atoms with van der Waals surface area (Å²) >= 11 is 6.42. The van der Waals surface area contributed by atoms with Gasteiger partial charge >= 0.3 is 0 Å². The van der Waals surface area contributed by atoms with Crippen LogP contribution in [0.25, 0.3) is 22.0 Å². The van der Waals surface area contributed by atoms with Crippen LogP contribution in [0.4, 0.5) is 0 Å². The number of aryl methyl sites for hydroxylation is 2. The first kappa shape index (κ1) is 18.9. The first-order valence-electron chi connectivity index (χ1n) is 8.89. The molecule has 0 aliphatic heterocycles. The van der Waals surface area contributed by atoms with Crippen LogP contribution in [0.3, 0.4) is 0 Å². The third-order valence-electron chi connectivity index (χ3n) is 4.28. The summed E-state index contributed by atoms with van der Waals surface area (Å²) in [5, 5.41) is 4.66. The number of halogens is 1. The van der Waals surface area contributed by atoms with Crippen LogP contribution < -0.4 is 10.3 Å². The van der Waals surface area contributed by atoms with Crippen LogP contribution in [0.15, 0.2) is 51.8 Å². The zero-order valence-electron chi connectivity index (χ0n) is 15.8. The fourth-order valence-corrected chi connectivity index (χ4v) is 3.06. The van der Waals surface area contributed by atoms with E-state index in [1.165, 1.54) is 0 Å². The van der Waals surface area contributed by atoms with Gasteiger partial charge in [-0.25, -0.2) is 4.98 Å². The van der Waals surface area contributed by atoms with Crippen LogP contribution in [-0.2, 0) is 6.61 Å². The van der Waals surface area contributed by atoms with E-state index in [0.717, 1.165) is 11.1 Å². The Morgan fingerprint density at radius 3 is 2.69 bits per heavy atom. The van der Waals surface area contributed by atoms with Crippen molar-refractivity contribution in [3.05, 3.63) is 81.5 Å². The number of fused-ring (bicyclic) bond motifs is 1. The number of H-pyrrole nitrogens is 1. The molecule has 0 spiro atoms. The fourth-order valence-electron chi connectivity index (χ4n) is 2.84. The fraction of sp³-hybridized carbons (Fsp3) is 0.143. The van der Waals surface area contributed by atoms with Crippen molar-refractivity contribution < 1.29 is 9.26 Å². The van der Waals surface area contributed by atoms with Gasteiger partial charge in [-0.05, 0) is 42.3 Å². The molecule has 2 heterocycles. The molecule has 0 aliphatic carbocycles. The highest BCUT2D eigenvalue weighted by Crippen LogP contribution is 2.22. The zero-order valence-corrected chi connectivity index (χ0v) is 16.5. The molecule has 4 aromatic rings. The van der Waals surface area contributed by atoms with Crippen LogP contribution in [0.5, 0.6) is 5.75 Å². The Morgan fingerprint density at radius 1 is 1.17 bits per heavy atom. The maximum Gasteiger partial charge on any atom is 0.259 e. The number of nitrogens with zero attached hydrogens (tertiary/aromatic N) is 3. The minimum Gasteiger partial charge on any atom is -0.485 e. The normalized spacial score (nSPS) is 11.8. The van der Waals surface area contributed by atoms with E-state index in [1.807, 2.05) is 43.3 Å². The van der Waals surface area contributed by atoms with Crippen LogP contribution in [0, 0.1) is 13.8 Å². The van der Waals surface area contributed by atoms with E-state index in [9.17, 15) is 4.79 Å². The molecule has 0 saturated carbocycles. The Labute approximate surface area is 171 Å². The lowest BCUT2D eigenvalue weighted by molar-refractivity contribution is 0.285. The number of rotatable bonds is 5. The van der Waals surface area contributed by atoms with Gasteiger partial charge in [-0.3, -0.25) is 4.79 Å². The highest BCUT2D eigenvalue weighted by molar-refractivity contribution is 6.50. The maximum atomic E-state index is 12.3. The topological polar surface area (TPSA) is 93.9 Å². The van der Waals surface area contributed by atoms with E-state index >= 15 is 0 Å². The van der Waals surface area contributed by atoms with Crippen LogP contribution >= 0.6 is 11.6 Å². The Morgan fingerprint density at radius 2 is 1.97 bits per heavy atom. The number of aromatic nitrogens is 4. The number of hydrogen-bond donors (Lipinski definition) is 1. The second kappa shape index (κ2) is 7.89. The van der Waals surface area contributed by atoms with Crippen molar-refractivity contribution in [3.8, 4) is 5.75 Å². The lowest BCUT2D eigenvalue weighted by Crippen LogP contribution is -2.11. The van der Waals surface area contributed by atoms with Crippen LogP contribution in [-0.4, -0.2) is 20.1 Å². The number of para-hydroxylation sites is 1. The molecule has 0 atom stereocenters. The summed E-state index contributed by atoms with van der Waals surface area (Å²) in [6.07, 6.45) is 1.73. The van der Waals surface area contributed by atoms with Crippen molar-refractivity contribution in [1.82, 2.24) is 20.1 Å².